The molecule has 0 spiro atoms. The van der Waals surface area contributed by atoms with Gasteiger partial charge in [-0.05, 0) is 56.3 Å². The van der Waals surface area contributed by atoms with Crippen molar-refractivity contribution < 1.29 is 19.5 Å². The number of aromatic hydroxyl groups is 1. The summed E-state index contributed by atoms with van der Waals surface area (Å²) in [4.78, 5) is 22.0. The average Bonchev–Trinajstić information content (AvgIpc) is 2.99. The Kier molecular flexibility index (Phi) is 3.51. The molecule has 4 aliphatic rings. The van der Waals surface area contributed by atoms with Crippen molar-refractivity contribution in [2.45, 2.75) is 35.9 Å². The van der Waals surface area contributed by atoms with E-state index in [0.29, 0.717) is 12.2 Å². The quantitative estimate of drug-likeness (QED) is 0.830. The predicted octanol–water partition coefficient (Wildman–Crippen LogP) is 2.60. The van der Waals surface area contributed by atoms with Crippen molar-refractivity contribution in [1.29, 1.82) is 0 Å². The third-order valence-electron chi connectivity index (χ3n) is 7.67. The third kappa shape index (κ3) is 1.85. The number of fused-ring (bicyclic) bond motifs is 1. The Bertz CT molecular complexity index is 1080. The van der Waals surface area contributed by atoms with Crippen LogP contribution in [-0.4, -0.2) is 54.2 Å². The van der Waals surface area contributed by atoms with E-state index in [1.54, 1.807) is 13.2 Å². The van der Waals surface area contributed by atoms with Crippen LogP contribution in [0.4, 0.5) is 5.69 Å². The summed E-state index contributed by atoms with van der Waals surface area (Å²) >= 11 is 0. The Morgan fingerprint density at radius 1 is 1.20 bits per heavy atom. The fraction of sp³-hybridized carbons (Fsp3) is 0.375. The van der Waals surface area contributed by atoms with E-state index in [9.17, 15) is 9.90 Å². The number of hydrogen-bond acceptors (Lipinski definition) is 6. The second-order valence-electron chi connectivity index (χ2n) is 8.75. The van der Waals surface area contributed by atoms with Crippen molar-refractivity contribution in [2.75, 3.05) is 25.8 Å². The van der Waals surface area contributed by atoms with E-state index in [1.165, 1.54) is 0 Å². The number of phenols is 1. The SMILES string of the molecule is COc1ccc2c(c1O)C13CCN(C)C(C2)C12C=CC(=O)C3ON2c1ccccc1. The highest BCUT2D eigenvalue weighted by Crippen LogP contribution is 2.65. The number of ether oxygens (including phenoxy) is 1. The molecule has 0 amide bonds. The molecule has 6 nitrogen and oxygen atoms in total. The number of likely N-dealkylation sites (tertiary alicyclic amines) is 1. The summed E-state index contributed by atoms with van der Waals surface area (Å²) in [6.45, 7) is 0.826. The Labute approximate surface area is 175 Å². The molecule has 0 aromatic heterocycles. The van der Waals surface area contributed by atoms with Gasteiger partial charge in [0.15, 0.2) is 23.4 Å². The molecule has 4 unspecified atom stereocenters. The first-order valence-corrected chi connectivity index (χ1v) is 10.4. The van der Waals surface area contributed by atoms with E-state index in [-0.39, 0.29) is 17.6 Å². The first-order valence-electron chi connectivity index (χ1n) is 10.4. The highest BCUT2D eigenvalue weighted by atomic mass is 16.7. The molecule has 2 aliphatic carbocycles. The highest BCUT2D eigenvalue weighted by Gasteiger charge is 2.76. The number of carbonyl (C=O) groups is 1. The number of rotatable bonds is 2. The molecule has 2 saturated heterocycles. The van der Waals surface area contributed by atoms with E-state index < -0.39 is 17.1 Å². The Morgan fingerprint density at radius 3 is 2.77 bits per heavy atom. The minimum absolute atomic E-state index is 0.0533. The molecule has 6 heteroatoms. The summed E-state index contributed by atoms with van der Waals surface area (Å²) in [5, 5.41) is 13.2. The molecule has 1 N–H and O–H groups in total. The summed E-state index contributed by atoms with van der Waals surface area (Å²) in [6.07, 6.45) is 4.49. The van der Waals surface area contributed by atoms with Gasteiger partial charge in [0, 0.05) is 11.6 Å². The number of benzene rings is 2. The Balaban J connectivity index is 1.71. The van der Waals surface area contributed by atoms with Crippen LogP contribution in [0.2, 0.25) is 0 Å². The molecular weight excluding hydrogens is 380 g/mol. The maximum Gasteiger partial charge on any atom is 0.187 e. The van der Waals surface area contributed by atoms with Crippen molar-refractivity contribution in [2.24, 2.45) is 0 Å². The topological polar surface area (TPSA) is 62.2 Å². The summed E-state index contributed by atoms with van der Waals surface area (Å²) in [7, 11) is 3.70. The second kappa shape index (κ2) is 5.86. The van der Waals surface area contributed by atoms with Crippen LogP contribution < -0.4 is 9.80 Å². The molecule has 154 valence electrons. The predicted molar refractivity (Wildman–Crippen MR) is 112 cm³/mol. The number of hydroxylamine groups is 1. The van der Waals surface area contributed by atoms with Gasteiger partial charge in [0.1, 0.15) is 5.54 Å². The smallest absolute Gasteiger partial charge is 0.187 e. The largest absolute Gasteiger partial charge is 0.504 e. The molecule has 2 fully saturated rings. The molecule has 2 heterocycles. The van der Waals surface area contributed by atoms with Gasteiger partial charge in [0.25, 0.3) is 0 Å². The minimum atomic E-state index is -0.684. The van der Waals surface area contributed by atoms with E-state index >= 15 is 0 Å². The molecule has 2 aromatic rings. The third-order valence-corrected chi connectivity index (χ3v) is 7.67. The molecule has 6 rings (SSSR count). The van der Waals surface area contributed by atoms with Gasteiger partial charge in [-0.25, -0.2) is 5.06 Å². The number of carbonyl (C=O) groups excluding carboxylic acids is 1. The second-order valence-corrected chi connectivity index (χ2v) is 8.75. The number of para-hydroxylation sites is 1. The number of anilines is 1. The lowest BCUT2D eigenvalue weighted by Crippen LogP contribution is -2.75. The van der Waals surface area contributed by atoms with Gasteiger partial charge in [0.2, 0.25) is 0 Å². The first kappa shape index (κ1) is 18.0. The summed E-state index contributed by atoms with van der Waals surface area (Å²) in [6, 6.07) is 13.9. The lowest BCUT2D eigenvalue weighted by atomic mass is 9.49. The van der Waals surface area contributed by atoms with Crippen molar-refractivity contribution in [3.05, 3.63) is 65.7 Å². The zero-order valence-corrected chi connectivity index (χ0v) is 17.0. The summed E-state index contributed by atoms with van der Waals surface area (Å²) < 4.78 is 5.46. The van der Waals surface area contributed by atoms with Gasteiger partial charge in [-0.15, -0.1) is 0 Å². The fourth-order valence-corrected chi connectivity index (χ4v) is 6.46. The molecule has 0 saturated carbocycles. The molecule has 2 aliphatic heterocycles. The monoisotopic (exact) mass is 404 g/mol. The van der Waals surface area contributed by atoms with Crippen LogP contribution in [0.3, 0.4) is 0 Å². The maximum absolute atomic E-state index is 13.2. The Morgan fingerprint density at radius 2 is 2.00 bits per heavy atom. The minimum Gasteiger partial charge on any atom is -0.504 e. The maximum atomic E-state index is 13.2. The molecule has 30 heavy (non-hydrogen) atoms. The van der Waals surface area contributed by atoms with Gasteiger partial charge < -0.3 is 14.7 Å². The Hall–Kier alpha value is -2.83. The number of nitrogens with zero attached hydrogens (tertiary/aromatic N) is 2. The van der Waals surface area contributed by atoms with Gasteiger partial charge in [0.05, 0.1) is 18.2 Å². The normalized spacial score (nSPS) is 33.9. The zero-order chi connectivity index (χ0) is 20.7. The van der Waals surface area contributed by atoms with Crippen LogP contribution in [0.25, 0.3) is 0 Å². The molecule has 2 aromatic carbocycles. The number of phenolic OH excluding ortho intramolecular Hbond substituents is 1. The number of ketones is 1. The van der Waals surface area contributed by atoms with Crippen LogP contribution in [0.15, 0.2) is 54.6 Å². The van der Waals surface area contributed by atoms with Crippen LogP contribution in [0.5, 0.6) is 11.5 Å². The van der Waals surface area contributed by atoms with E-state index in [1.807, 2.05) is 53.6 Å². The highest BCUT2D eigenvalue weighted by molar-refractivity contribution is 5.99. The molecule has 0 radical (unpaired) electrons. The van der Waals surface area contributed by atoms with Gasteiger partial charge in [-0.1, -0.05) is 30.3 Å². The van der Waals surface area contributed by atoms with Crippen LogP contribution >= 0.6 is 0 Å². The van der Waals surface area contributed by atoms with Crippen molar-refractivity contribution in [3.8, 4) is 11.5 Å². The van der Waals surface area contributed by atoms with Crippen molar-refractivity contribution in [1.82, 2.24) is 4.90 Å². The number of likely N-dealkylation sites (N-methyl/N-ethyl adjacent to an activating group) is 1. The van der Waals surface area contributed by atoms with E-state index in [4.69, 9.17) is 9.57 Å². The number of methoxy groups -OCH3 is 1. The lowest BCUT2D eigenvalue weighted by molar-refractivity contribution is -0.127. The van der Waals surface area contributed by atoms with Crippen LogP contribution in [0.1, 0.15) is 17.5 Å². The summed E-state index contributed by atoms with van der Waals surface area (Å²) in [5.41, 5.74) is 1.50. The fourth-order valence-electron chi connectivity index (χ4n) is 6.46. The van der Waals surface area contributed by atoms with Gasteiger partial charge >= 0.3 is 0 Å². The molecule has 4 atom stereocenters. The van der Waals surface area contributed by atoms with E-state index in [2.05, 4.69) is 11.9 Å². The van der Waals surface area contributed by atoms with Crippen molar-refractivity contribution >= 4 is 11.5 Å². The summed E-state index contributed by atoms with van der Waals surface area (Å²) in [5.74, 6) is 0.514. The van der Waals surface area contributed by atoms with Gasteiger partial charge in [-0.2, -0.15) is 0 Å². The lowest BCUT2D eigenvalue weighted by Gasteiger charge is -2.61. The van der Waals surface area contributed by atoms with E-state index in [0.717, 1.165) is 29.8 Å². The van der Waals surface area contributed by atoms with Gasteiger partial charge in [-0.3, -0.25) is 9.63 Å². The number of hydrogen-bond donors (Lipinski definition) is 1. The average molecular weight is 404 g/mol. The van der Waals surface area contributed by atoms with Crippen LogP contribution in [0, 0.1) is 0 Å². The number of piperidine rings is 1. The zero-order valence-electron chi connectivity index (χ0n) is 17.0. The first-order chi connectivity index (χ1) is 14.5. The molecular formula is C24H24N2O4. The van der Waals surface area contributed by atoms with Crippen LogP contribution in [-0.2, 0) is 21.5 Å². The van der Waals surface area contributed by atoms with Crippen molar-refractivity contribution in [3.63, 3.8) is 0 Å². The molecule has 4 bridgehead atoms. The standard InChI is InChI=1S/C24H24N2O4/c1-25-13-12-23-20-15(8-9-18(29-2)21(20)28)14-19(25)24(23)11-10-17(27)22(23)30-26(24)16-6-4-3-5-7-16/h3-11,19,22,28H,12-14H2,1-2H3.